The van der Waals surface area contributed by atoms with Gasteiger partial charge in [-0.25, -0.2) is 9.97 Å². The molecule has 164 valence electrons. The van der Waals surface area contributed by atoms with Crippen LogP contribution in [0.3, 0.4) is 0 Å². The molecule has 1 fully saturated rings. The molecule has 0 saturated carbocycles. The molecule has 11 nitrogen and oxygen atoms in total. The summed E-state index contributed by atoms with van der Waals surface area (Å²) in [5.41, 5.74) is 19.4. The predicted molar refractivity (Wildman–Crippen MR) is 119 cm³/mol. The lowest BCUT2D eigenvalue weighted by atomic mass is 10.1. The number of aliphatic hydroxyl groups is 1. The summed E-state index contributed by atoms with van der Waals surface area (Å²) in [5.74, 6) is 1.15. The first-order valence-corrected chi connectivity index (χ1v) is 10.1. The Hall–Kier alpha value is -3.28. The maximum Gasteiger partial charge on any atom is 0.224 e. The number of anilines is 3. The van der Waals surface area contributed by atoms with E-state index in [9.17, 15) is 5.11 Å². The zero-order valence-electron chi connectivity index (χ0n) is 17.4. The van der Waals surface area contributed by atoms with Gasteiger partial charge in [-0.1, -0.05) is 0 Å². The van der Waals surface area contributed by atoms with Crippen molar-refractivity contribution < 1.29 is 9.84 Å². The van der Waals surface area contributed by atoms with Crippen LogP contribution in [0.15, 0.2) is 24.3 Å². The van der Waals surface area contributed by atoms with E-state index in [1.54, 1.807) is 0 Å². The van der Waals surface area contributed by atoms with Gasteiger partial charge < -0.3 is 31.9 Å². The Morgan fingerprint density at radius 2 is 1.81 bits per heavy atom. The number of hydrogen-bond acceptors (Lipinski definition) is 11. The van der Waals surface area contributed by atoms with E-state index in [0.29, 0.717) is 24.4 Å². The molecule has 31 heavy (non-hydrogen) atoms. The van der Waals surface area contributed by atoms with Crippen LogP contribution in [0.1, 0.15) is 6.42 Å². The number of nitrogens with zero attached hydrogens (tertiary/aromatic N) is 6. The molecule has 1 atom stereocenters. The van der Waals surface area contributed by atoms with Gasteiger partial charge in [0.1, 0.15) is 17.7 Å². The standard InChI is InChI=1S/C20H27N9O2/c1-28-8-9-29(14(30)11-28)7-2-10-31-13-5-3-12(4-6-13)15-17(21)25-19-16(24-15)18(22)26-20(23)27-19/h3-6,14,30H,2,7-11H2,1H3,(H6,21,22,23,25,26,27). The number of aromatic nitrogens is 4. The van der Waals surface area contributed by atoms with Crippen molar-refractivity contribution in [1.29, 1.82) is 0 Å². The van der Waals surface area contributed by atoms with E-state index in [1.807, 2.05) is 31.3 Å². The monoisotopic (exact) mass is 425 g/mol. The number of hydrogen-bond donors (Lipinski definition) is 4. The Labute approximate surface area is 179 Å². The Morgan fingerprint density at radius 1 is 1.03 bits per heavy atom. The van der Waals surface area contributed by atoms with E-state index in [2.05, 4.69) is 29.7 Å². The summed E-state index contributed by atoms with van der Waals surface area (Å²) in [6.07, 6.45) is 0.413. The number of likely N-dealkylation sites (N-methyl/N-ethyl adjacent to an activating group) is 1. The summed E-state index contributed by atoms with van der Waals surface area (Å²) in [5, 5.41) is 10.1. The second-order valence-corrected chi connectivity index (χ2v) is 7.60. The number of rotatable bonds is 6. The molecule has 0 spiro atoms. The maximum atomic E-state index is 10.1. The van der Waals surface area contributed by atoms with Gasteiger partial charge in [-0.15, -0.1) is 0 Å². The number of nitrogen functional groups attached to an aromatic ring is 3. The first-order chi connectivity index (χ1) is 14.9. The van der Waals surface area contributed by atoms with Crippen LogP contribution in [0.4, 0.5) is 17.6 Å². The van der Waals surface area contributed by atoms with Gasteiger partial charge in [0.25, 0.3) is 0 Å². The van der Waals surface area contributed by atoms with Gasteiger partial charge in [0.2, 0.25) is 5.95 Å². The largest absolute Gasteiger partial charge is 0.494 e. The average Bonchev–Trinajstić information content (AvgIpc) is 2.72. The van der Waals surface area contributed by atoms with Crippen LogP contribution in [0.5, 0.6) is 5.75 Å². The van der Waals surface area contributed by atoms with Crippen LogP contribution in [0.2, 0.25) is 0 Å². The molecular weight excluding hydrogens is 398 g/mol. The third-order valence-corrected chi connectivity index (χ3v) is 5.25. The highest BCUT2D eigenvalue weighted by atomic mass is 16.5. The molecule has 3 aromatic rings. The molecule has 0 amide bonds. The molecule has 0 radical (unpaired) electrons. The lowest BCUT2D eigenvalue weighted by molar-refractivity contribution is -0.0502. The second kappa shape index (κ2) is 8.84. The lowest BCUT2D eigenvalue weighted by Crippen LogP contribution is -2.52. The lowest BCUT2D eigenvalue weighted by Gasteiger charge is -2.36. The predicted octanol–water partition coefficient (Wildman–Crippen LogP) is 0.168. The number of fused-ring (bicyclic) bond motifs is 1. The topological polar surface area (TPSA) is 166 Å². The fourth-order valence-corrected chi connectivity index (χ4v) is 3.57. The summed E-state index contributed by atoms with van der Waals surface area (Å²) in [7, 11) is 2.02. The summed E-state index contributed by atoms with van der Waals surface area (Å²) in [6.45, 7) is 3.86. The van der Waals surface area contributed by atoms with E-state index in [1.165, 1.54) is 0 Å². The summed E-state index contributed by atoms with van der Waals surface area (Å²) >= 11 is 0. The summed E-state index contributed by atoms with van der Waals surface area (Å²) in [4.78, 5) is 20.9. The zero-order valence-corrected chi connectivity index (χ0v) is 17.4. The zero-order chi connectivity index (χ0) is 22.0. The number of piperazine rings is 1. The highest BCUT2D eigenvalue weighted by Gasteiger charge is 2.22. The van der Waals surface area contributed by atoms with Crippen LogP contribution < -0.4 is 21.9 Å². The first-order valence-electron chi connectivity index (χ1n) is 10.1. The highest BCUT2D eigenvalue weighted by Crippen LogP contribution is 2.27. The number of nitrogens with two attached hydrogens (primary N) is 3. The molecular formula is C20H27N9O2. The van der Waals surface area contributed by atoms with E-state index in [0.717, 1.165) is 37.4 Å². The molecule has 1 aliphatic rings. The minimum atomic E-state index is -0.414. The van der Waals surface area contributed by atoms with Gasteiger partial charge in [-0.3, -0.25) is 4.90 Å². The molecule has 0 bridgehead atoms. The van der Waals surface area contributed by atoms with Crippen LogP contribution in [-0.4, -0.2) is 80.9 Å². The smallest absolute Gasteiger partial charge is 0.224 e. The van der Waals surface area contributed by atoms with Crippen molar-refractivity contribution in [2.45, 2.75) is 12.6 Å². The first kappa shape index (κ1) is 21.0. The van der Waals surface area contributed by atoms with Crippen LogP contribution in [0.25, 0.3) is 22.4 Å². The minimum Gasteiger partial charge on any atom is -0.494 e. The summed E-state index contributed by atoms with van der Waals surface area (Å²) in [6, 6.07) is 7.43. The second-order valence-electron chi connectivity index (χ2n) is 7.60. The molecule has 3 heterocycles. The van der Waals surface area contributed by atoms with E-state index in [-0.39, 0.29) is 23.2 Å². The molecule has 1 aliphatic heterocycles. The molecule has 1 saturated heterocycles. The SMILES string of the molecule is CN1CCN(CCCOc2ccc(-c3nc4c(N)nc(N)nc4nc3N)cc2)C(O)C1. The fourth-order valence-electron chi connectivity index (χ4n) is 3.57. The Balaban J connectivity index is 1.38. The number of aliphatic hydroxyl groups excluding tert-OH is 1. The van der Waals surface area contributed by atoms with Crippen molar-refractivity contribution in [3.8, 4) is 17.0 Å². The number of ether oxygens (including phenoxy) is 1. The highest BCUT2D eigenvalue weighted by molar-refractivity contribution is 5.87. The Bertz CT molecular complexity index is 1060. The van der Waals surface area contributed by atoms with Gasteiger partial charge in [0, 0.05) is 31.7 Å². The van der Waals surface area contributed by atoms with Gasteiger partial charge >= 0.3 is 0 Å². The van der Waals surface area contributed by atoms with Gasteiger partial charge in [0.15, 0.2) is 22.8 Å². The van der Waals surface area contributed by atoms with Crippen LogP contribution in [0, 0.1) is 0 Å². The van der Waals surface area contributed by atoms with Crippen LogP contribution >= 0.6 is 0 Å². The molecule has 1 unspecified atom stereocenters. The van der Waals surface area contributed by atoms with E-state index >= 15 is 0 Å². The van der Waals surface area contributed by atoms with E-state index in [4.69, 9.17) is 21.9 Å². The molecule has 4 rings (SSSR count). The van der Waals surface area contributed by atoms with Gasteiger partial charge in [-0.2, -0.15) is 9.97 Å². The molecule has 2 aromatic heterocycles. The van der Waals surface area contributed by atoms with Crippen molar-refractivity contribution >= 4 is 28.7 Å². The van der Waals surface area contributed by atoms with Crippen molar-refractivity contribution in [1.82, 2.24) is 29.7 Å². The van der Waals surface area contributed by atoms with Gasteiger partial charge in [0.05, 0.1) is 6.61 Å². The quantitative estimate of drug-likeness (QED) is 0.398. The molecule has 1 aromatic carbocycles. The maximum absolute atomic E-state index is 10.1. The molecule has 0 aliphatic carbocycles. The molecule has 11 heteroatoms. The number of benzene rings is 1. The normalized spacial score (nSPS) is 17.8. The van der Waals surface area contributed by atoms with Gasteiger partial charge in [-0.05, 0) is 37.7 Å². The van der Waals surface area contributed by atoms with Crippen molar-refractivity contribution in [3.63, 3.8) is 0 Å². The Kier molecular flexibility index (Phi) is 5.98. The fraction of sp³-hybridized carbons (Fsp3) is 0.400. The number of β-amino-alcohol motifs (C(OH)–C–C–N with tert-alkyl or cyclic N) is 1. The minimum absolute atomic E-state index is 0.0232. The average molecular weight is 425 g/mol. The van der Waals surface area contributed by atoms with Crippen molar-refractivity contribution in [3.05, 3.63) is 24.3 Å². The summed E-state index contributed by atoms with van der Waals surface area (Å²) < 4.78 is 5.84. The third-order valence-electron chi connectivity index (χ3n) is 5.25. The third kappa shape index (κ3) is 4.74. The Morgan fingerprint density at radius 3 is 2.55 bits per heavy atom. The van der Waals surface area contributed by atoms with Crippen molar-refractivity contribution in [2.75, 3.05) is 57.0 Å². The van der Waals surface area contributed by atoms with Crippen molar-refractivity contribution in [2.24, 2.45) is 0 Å². The molecule has 7 N–H and O–H groups in total. The van der Waals surface area contributed by atoms with Crippen LogP contribution in [-0.2, 0) is 0 Å². The van der Waals surface area contributed by atoms with E-state index < -0.39 is 6.23 Å².